The summed E-state index contributed by atoms with van der Waals surface area (Å²) in [5, 5.41) is 13.2. The van der Waals surface area contributed by atoms with E-state index in [1.807, 2.05) is 32.0 Å². The van der Waals surface area contributed by atoms with Gasteiger partial charge in [0.1, 0.15) is 0 Å². The molecule has 7 nitrogen and oxygen atoms in total. The summed E-state index contributed by atoms with van der Waals surface area (Å²) in [6.07, 6.45) is 6.66. The van der Waals surface area contributed by atoms with Gasteiger partial charge >= 0.3 is 0 Å². The van der Waals surface area contributed by atoms with E-state index >= 15 is 0 Å². The van der Waals surface area contributed by atoms with E-state index in [9.17, 15) is 9.59 Å². The van der Waals surface area contributed by atoms with Crippen molar-refractivity contribution in [1.29, 1.82) is 0 Å². The minimum atomic E-state index is -0.0722. The van der Waals surface area contributed by atoms with Gasteiger partial charge in [0.2, 0.25) is 11.8 Å². The maximum atomic E-state index is 12.4. The smallest absolute Gasteiger partial charge is 0.225 e. The van der Waals surface area contributed by atoms with Crippen LogP contribution in [0.5, 0.6) is 0 Å². The predicted octanol–water partition coefficient (Wildman–Crippen LogP) is 3.60. The summed E-state index contributed by atoms with van der Waals surface area (Å²) in [5.74, 6) is 0.843. The number of nitrogens with zero attached hydrogens (tertiary/aromatic N) is 2. The number of amides is 2. The van der Waals surface area contributed by atoms with Crippen molar-refractivity contribution < 1.29 is 9.59 Å². The maximum Gasteiger partial charge on any atom is 0.225 e. The molecule has 0 radical (unpaired) electrons. The highest BCUT2D eigenvalue weighted by Gasteiger charge is 2.32. The molecular formula is C25H29N5O2. The molecule has 1 aliphatic rings. The normalized spacial score (nSPS) is 17.4. The third-order valence-corrected chi connectivity index (χ3v) is 5.82. The molecule has 1 aromatic carbocycles. The van der Waals surface area contributed by atoms with Gasteiger partial charge < -0.3 is 10.6 Å². The molecule has 4 rings (SSSR count). The highest BCUT2D eigenvalue weighted by Crippen LogP contribution is 2.36. The van der Waals surface area contributed by atoms with Gasteiger partial charge in [-0.15, -0.1) is 0 Å². The monoisotopic (exact) mass is 431 g/mol. The number of nitrogens with one attached hydrogen (secondary N) is 3. The molecule has 0 bridgehead atoms. The summed E-state index contributed by atoms with van der Waals surface area (Å²) in [7, 11) is 0. The fourth-order valence-electron chi connectivity index (χ4n) is 4.24. The Bertz CT molecular complexity index is 1070. The molecule has 0 spiro atoms. The van der Waals surface area contributed by atoms with Gasteiger partial charge in [-0.25, -0.2) is 0 Å². The van der Waals surface area contributed by atoms with Gasteiger partial charge in [-0.1, -0.05) is 35.4 Å². The predicted molar refractivity (Wildman–Crippen MR) is 123 cm³/mol. The van der Waals surface area contributed by atoms with Crippen molar-refractivity contribution in [3.8, 4) is 0 Å². The Labute approximate surface area is 188 Å². The van der Waals surface area contributed by atoms with E-state index in [1.54, 1.807) is 12.4 Å². The first kappa shape index (κ1) is 21.7. The van der Waals surface area contributed by atoms with Crippen LogP contribution in [0.25, 0.3) is 0 Å². The number of benzene rings is 1. The first-order valence-corrected chi connectivity index (χ1v) is 11.0. The van der Waals surface area contributed by atoms with Crippen molar-refractivity contribution in [3.05, 3.63) is 76.7 Å². The van der Waals surface area contributed by atoms with Crippen LogP contribution in [0, 0.1) is 13.8 Å². The number of carbonyl (C=O) groups excluding carboxylic acids is 2. The molecule has 0 unspecified atom stereocenters. The van der Waals surface area contributed by atoms with E-state index in [0.717, 1.165) is 29.7 Å². The minimum Gasteiger partial charge on any atom is -0.353 e. The number of pyridine rings is 1. The lowest BCUT2D eigenvalue weighted by molar-refractivity contribution is -0.121. The van der Waals surface area contributed by atoms with E-state index in [2.05, 4.69) is 44.0 Å². The summed E-state index contributed by atoms with van der Waals surface area (Å²) in [5.41, 5.74) is 5.43. The molecule has 3 aromatic rings. The number of rotatable bonds is 8. The van der Waals surface area contributed by atoms with Crippen LogP contribution in [0.1, 0.15) is 53.1 Å². The molecule has 166 valence electrons. The van der Waals surface area contributed by atoms with Gasteiger partial charge in [-0.2, -0.15) is 5.10 Å². The van der Waals surface area contributed by atoms with Gasteiger partial charge in [0.15, 0.2) is 5.82 Å². The first-order chi connectivity index (χ1) is 15.4. The van der Waals surface area contributed by atoms with Crippen LogP contribution < -0.4 is 10.6 Å². The maximum absolute atomic E-state index is 12.4. The van der Waals surface area contributed by atoms with Crippen molar-refractivity contribution >= 4 is 17.6 Å². The van der Waals surface area contributed by atoms with Crippen LogP contribution in [-0.2, 0) is 22.4 Å². The largest absolute Gasteiger partial charge is 0.353 e. The van der Waals surface area contributed by atoms with Gasteiger partial charge in [0.25, 0.3) is 0 Å². The summed E-state index contributed by atoms with van der Waals surface area (Å²) in [4.78, 5) is 28.6. The molecule has 1 saturated carbocycles. The number of aromatic amines is 1. The number of anilines is 1. The Balaban J connectivity index is 1.20. The van der Waals surface area contributed by atoms with Crippen LogP contribution >= 0.6 is 0 Å². The quantitative estimate of drug-likeness (QED) is 0.507. The van der Waals surface area contributed by atoms with Crippen molar-refractivity contribution in [2.24, 2.45) is 0 Å². The van der Waals surface area contributed by atoms with Gasteiger partial charge in [-0.05, 0) is 50.3 Å². The van der Waals surface area contributed by atoms with Gasteiger partial charge in [0, 0.05) is 42.5 Å². The van der Waals surface area contributed by atoms with Crippen LogP contribution in [0.3, 0.4) is 0 Å². The van der Waals surface area contributed by atoms with E-state index in [4.69, 9.17) is 0 Å². The first-order valence-electron chi connectivity index (χ1n) is 11.0. The molecule has 1 aliphatic carbocycles. The summed E-state index contributed by atoms with van der Waals surface area (Å²) in [6.45, 7) is 4.10. The zero-order valence-corrected chi connectivity index (χ0v) is 18.5. The van der Waals surface area contributed by atoms with E-state index in [1.165, 1.54) is 11.1 Å². The second-order valence-corrected chi connectivity index (χ2v) is 8.72. The fourth-order valence-corrected chi connectivity index (χ4v) is 4.24. The number of H-pyrrole nitrogens is 1. The van der Waals surface area contributed by atoms with Crippen molar-refractivity contribution in [2.75, 3.05) is 5.32 Å². The standard InChI is InChI=1S/C25H29N5O2/c1-16-8-17(2)10-19(9-16)11-25(32)27-21-12-20(13-21)22-14-23(30-29-22)28-24(31)6-5-18-4-3-7-26-15-18/h3-4,7-10,14-15,20-21H,5-6,11-13H2,1-2H3,(H,27,32)(H2,28,29,30,31)/t20-,21+. The number of aryl methyl sites for hydroxylation is 3. The molecule has 3 N–H and O–H groups in total. The molecule has 32 heavy (non-hydrogen) atoms. The second kappa shape index (κ2) is 9.77. The fraction of sp³-hybridized carbons (Fsp3) is 0.360. The number of carbonyl (C=O) groups is 2. The SMILES string of the molecule is Cc1cc(C)cc(CC(=O)N[C@H]2C[C@@H](c3cc(NC(=O)CCc4cccnc4)n[nH]3)C2)c1. The lowest BCUT2D eigenvalue weighted by Crippen LogP contribution is -2.44. The van der Waals surface area contributed by atoms with Gasteiger partial charge in [0.05, 0.1) is 6.42 Å². The Hall–Kier alpha value is -3.48. The summed E-state index contributed by atoms with van der Waals surface area (Å²) in [6, 6.07) is 12.1. The topological polar surface area (TPSA) is 99.8 Å². The Morgan fingerprint density at radius 3 is 2.56 bits per heavy atom. The second-order valence-electron chi connectivity index (χ2n) is 8.72. The number of aromatic nitrogens is 3. The molecule has 7 heteroatoms. The molecule has 2 aromatic heterocycles. The Morgan fingerprint density at radius 1 is 1.06 bits per heavy atom. The van der Waals surface area contributed by atoms with E-state index in [0.29, 0.717) is 31.0 Å². The lowest BCUT2D eigenvalue weighted by Gasteiger charge is -2.35. The third kappa shape index (κ3) is 5.81. The number of hydrogen-bond donors (Lipinski definition) is 3. The van der Waals surface area contributed by atoms with E-state index in [-0.39, 0.29) is 17.9 Å². The molecule has 0 saturated heterocycles. The van der Waals surface area contributed by atoms with Crippen LogP contribution in [0.2, 0.25) is 0 Å². The van der Waals surface area contributed by atoms with Crippen molar-refractivity contribution in [3.63, 3.8) is 0 Å². The van der Waals surface area contributed by atoms with Crippen LogP contribution in [0.15, 0.2) is 48.8 Å². The molecule has 0 atom stereocenters. The molecule has 2 amide bonds. The molecule has 1 fully saturated rings. The summed E-state index contributed by atoms with van der Waals surface area (Å²) >= 11 is 0. The van der Waals surface area contributed by atoms with Crippen LogP contribution in [0.4, 0.5) is 5.82 Å². The van der Waals surface area contributed by atoms with Crippen molar-refractivity contribution in [1.82, 2.24) is 20.5 Å². The Morgan fingerprint density at radius 2 is 1.84 bits per heavy atom. The highest BCUT2D eigenvalue weighted by atomic mass is 16.2. The molecular weight excluding hydrogens is 402 g/mol. The Kier molecular flexibility index (Phi) is 6.63. The zero-order chi connectivity index (χ0) is 22.5. The molecule has 0 aliphatic heterocycles. The van der Waals surface area contributed by atoms with Gasteiger partial charge in [-0.3, -0.25) is 19.7 Å². The van der Waals surface area contributed by atoms with Crippen LogP contribution in [-0.4, -0.2) is 33.0 Å². The third-order valence-electron chi connectivity index (χ3n) is 5.82. The molecule has 2 heterocycles. The highest BCUT2D eigenvalue weighted by molar-refractivity contribution is 5.89. The zero-order valence-electron chi connectivity index (χ0n) is 18.5. The summed E-state index contributed by atoms with van der Waals surface area (Å²) < 4.78 is 0. The minimum absolute atomic E-state index is 0.0598. The van der Waals surface area contributed by atoms with Crippen molar-refractivity contribution in [2.45, 2.75) is 57.9 Å². The van der Waals surface area contributed by atoms with E-state index < -0.39 is 0 Å². The number of hydrogen-bond acceptors (Lipinski definition) is 4. The average Bonchev–Trinajstić information content (AvgIpc) is 3.16. The lowest BCUT2D eigenvalue weighted by atomic mass is 9.78. The average molecular weight is 432 g/mol.